The van der Waals surface area contributed by atoms with Crippen LogP contribution in [-0.2, 0) is 14.6 Å². The van der Waals surface area contributed by atoms with Crippen molar-refractivity contribution in [2.45, 2.75) is 12.8 Å². The van der Waals surface area contributed by atoms with Crippen LogP contribution in [0.1, 0.15) is 12.8 Å². The quantitative estimate of drug-likeness (QED) is 0.636. The lowest BCUT2D eigenvalue weighted by Crippen LogP contribution is -2.38. The van der Waals surface area contributed by atoms with Gasteiger partial charge in [-0.05, 0) is 12.8 Å². The van der Waals surface area contributed by atoms with Gasteiger partial charge in [-0.25, -0.2) is 8.42 Å². The second-order valence-electron chi connectivity index (χ2n) is 3.15. The number of hydrogen-bond donors (Lipinski definition) is 1. The van der Waals surface area contributed by atoms with E-state index in [0.29, 0.717) is 0 Å². The first-order chi connectivity index (χ1) is 5.92. The molecule has 1 N–H and O–H groups in total. The summed E-state index contributed by atoms with van der Waals surface area (Å²) in [6.45, 7) is 0. The van der Waals surface area contributed by atoms with Crippen molar-refractivity contribution in [2.24, 2.45) is 5.41 Å². The predicted molar refractivity (Wildman–Crippen MR) is 43.6 cm³/mol. The Morgan fingerprint density at radius 1 is 1.38 bits per heavy atom. The van der Waals surface area contributed by atoms with E-state index in [9.17, 15) is 13.2 Å². The number of carboxylic acids is 1. The molecule has 0 saturated carbocycles. The number of aliphatic carboxylic acids is 1. The highest BCUT2D eigenvalue weighted by atomic mass is 32.2. The van der Waals surface area contributed by atoms with Crippen LogP contribution in [0.15, 0.2) is 0 Å². The molecule has 0 amide bonds. The van der Waals surface area contributed by atoms with E-state index in [1.807, 2.05) is 0 Å². The van der Waals surface area contributed by atoms with Gasteiger partial charge in [0.15, 0.2) is 5.41 Å². The summed E-state index contributed by atoms with van der Waals surface area (Å²) < 4.78 is 21.9. The van der Waals surface area contributed by atoms with Gasteiger partial charge in [0.2, 0.25) is 0 Å². The minimum atomic E-state index is -3.11. The van der Waals surface area contributed by atoms with E-state index in [-0.39, 0.29) is 24.3 Å². The van der Waals surface area contributed by atoms with Crippen molar-refractivity contribution in [3.8, 4) is 6.07 Å². The lowest BCUT2D eigenvalue weighted by Gasteiger charge is -2.25. The molecule has 1 saturated heterocycles. The van der Waals surface area contributed by atoms with Crippen molar-refractivity contribution in [3.05, 3.63) is 0 Å². The van der Waals surface area contributed by atoms with E-state index in [2.05, 4.69) is 0 Å². The van der Waals surface area contributed by atoms with Gasteiger partial charge in [0, 0.05) is 0 Å². The molecule has 13 heavy (non-hydrogen) atoms. The fourth-order valence-electron chi connectivity index (χ4n) is 1.26. The molecular formula is C7H9NO4S. The second-order valence-corrected chi connectivity index (χ2v) is 5.45. The number of sulfone groups is 1. The highest BCUT2D eigenvalue weighted by molar-refractivity contribution is 7.91. The van der Waals surface area contributed by atoms with Crippen LogP contribution < -0.4 is 0 Å². The molecule has 0 spiro atoms. The van der Waals surface area contributed by atoms with Gasteiger partial charge >= 0.3 is 5.97 Å². The maximum absolute atomic E-state index is 11.0. The summed E-state index contributed by atoms with van der Waals surface area (Å²) >= 11 is 0. The monoisotopic (exact) mass is 203 g/mol. The number of carbonyl (C=O) groups is 1. The molecule has 1 fully saturated rings. The molecule has 1 aliphatic rings. The van der Waals surface area contributed by atoms with Gasteiger partial charge in [0.25, 0.3) is 0 Å². The number of nitrogens with zero attached hydrogens (tertiary/aromatic N) is 1. The highest BCUT2D eigenvalue weighted by Crippen LogP contribution is 2.31. The van der Waals surface area contributed by atoms with Crippen LogP contribution in [0.2, 0.25) is 0 Å². The van der Waals surface area contributed by atoms with Crippen molar-refractivity contribution in [1.29, 1.82) is 5.26 Å². The fraction of sp³-hybridized carbons (Fsp3) is 0.714. The van der Waals surface area contributed by atoms with Crippen LogP contribution in [0.4, 0.5) is 0 Å². The van der Waals surface area contributed by atoms with Gasteiger partial charge < -0.3 is 5.11 Å². The topological polar surface area (TPSA) is 95.2 Å². The first kappa shape index (κ1) is 9.99. The van der Waals surface area contributed by atoms with E-state index in [1.54, 1.807) is 6.07 Å². The lowest BCUT2D eigenvalue weighted by atomic mass is 9.84. The number of hydrogen-bond acceptors (Lipinski definition) is 4. The Bertz CT molecular complexity index is 350. The average molecular weight is 203 g/mol. The van der Waals surface area contributed by atoms with Crippen molar-refractivity contribution < 1.29 is 18.3 Å². The summed E-state index contributed by atoms with van der Waals surface area (Å²) in [7, 11) is -3.11. The smallest absolute Gasteiger partial charge is 0.324 e. The number of nitriles is 1. The zero-order valence-corrected chi connectivity index (χ0v) is 7.67. The highest BCUT2D eigenvalue weighted by Gasteiger charge is 2.43. The molecule has 0 radical (unpaired) electrons. The molecule has 0 aliphatic carbocycles. The maximum atomic E-state index is 11.0. The molecule has 0 aromatic heterocycles. The van der Waals surface area contributed by atoms with Crippen LogP contribution in [0.3, 0.4) is 0 Å². The largest absolute Gasteiger partial charge is 0.480 e. The molecule has 72 valence electrons. The lowest BCUT2D eigenvalue weighted by molar-refractivity contribution is -0.145. The molecule has 5 nitrogen and oxygen atoms in total. The molecule has 6 heteroatoms. The van der Waals surface area contributed by atoms with Gasteiger partial charge in [-0.1, -0.05) is 0 Å². The van der Waals surface area contributed by atoms with E-state index < -0.39 is 21.2 Å². The predicted octanol–water partition coefficient (Wildman–Crippen LogP) is -0.210. The molecule has 0 unspecified atom stereocenters. The Hall–Kier alpha value is -1.09. The molecule has 1 heterocycles. The standard InChI is InChI=1S/C7H9NO4S/c8-5-7(6(9)10)1-3-13(11,12)4-2-7/h1-4H2,(H,9,10). The van der Waals surface area contributed by atoms with Crippen molar-refractivity contribution in [1.82, 2.24) is 0 Å². The van der Waals surface area contributed by atoms with E-state index in [4.69, 9.17) is 10.4 Å². The first-order valence-corrected chi connectivity index (χ1v) is 5.59. The number of rotatable bonds is 1. The van der Waals surface area contributed by atoms with Crippen LogP contribution >= 0.6 is 0 Å². The third-order valence-electron chi connectivity index (χ3n) is 2.30. The first-order valence-electron chi connectivity index (χ1n) is 3.77. The summed E-state index contributed by atoms with van der Waals surface area (Å²) in [6, 6.07) is 1.69. The zero-order chi connectivity index (χ0) is 10.1. The summed E-state index contributed by atoms with van der Waals surface area (Å²) in [6.07, 6.45) is -0.192. The van der Waals surface area contributed by atoms with Crippen LogP contribution in [0.5, 0.6) is 0 Å². The minimum absolute atomic E-state index is 0.0961. The minimum Gasteiger partial charge on any atom is -0.480 e. The van der Waals surface area contributed by atoms with Gasteiger partial charge in [-0.3, -0.25) is 4.79 Å². The SMILES string of the molecule is N#CC1(C(=O)O)CCS(=O)(=O)CC1. The van der Waals surface area contributed by atoms with Crippen LogP contribution in [-0.4, -0.2) is 31.0 Å². The third-order valence-corrected chi connectivity index (χ3v) is 3.96. The van der Waals surface area contributed by atoms with E-state index in [1.165, 1.54) is 0 Å². The Morgan fingerprint density at radius 3 is 2.15 bits per heavy atom. The molecule has 0 aromatic carbocycles. The average Bonchev–Trinajstić information content (AvgIpc) is 2.05. The summed E-state index contributed by atoms with van der Waals surface area (Å²) in [5.41, 5.74) is -1.48. The Kier molecular flexibility index (Phi) is 2.30. The number of carboxylic acid groups (broad SMARTS) is 1. The molecule has 0 atom stereocenters. The van der Waals surface area contributed by atoms with Crippen LogP contribution in [0.25, 0.3) is 0 Å². The normalized spacial score (nSPS) is 24.5. The third kappa shape index (κ3) is 1.80. The van der Waals surface area contributed by atoms with Crippen LogP contribution in [0, 0.1) is 16.7 Å². The Labute approximate surface area is 75.9 Å². The van der Waals surface area contributed by atoms with Crippen molar-refractivity contribution in [3.63, 3.8) is 0 Å². The van der Waals surface area contributed by atoms with Gasteiger partial charge in [0.1, 0.15) is 9.84 Å². The summed E-state index contributed by atoms with van der Waals surface area (Å²) in [5.74, 6) is -1.62. The molecular weight excluding hydrogens is 194 g/mol. The van der Waals surface area contributed by atoms with Crippen molar-refractivity contribution in [2.75, 3.05) is 11.5 Å². The summed E-state index contributed by atoms with van der Waals surface area (Å²) in [5, 5.41) is 17.4. The second kappa shape index (κ2) is 3.00. The van der Waals surface area contributed by atoms with Gasteiger partial charge in [-0.2, -0.15) is 5.26 Å². The van der Waals surface area contributed by atoms with E-state index >= 15 is 0 Å². The Morgan fingerprint density at radius 2 is 1.85 bits per heavy atom. The molecule has 0 aromatic rings. The van der Waals surface area contributed by atoms with Crippen molar-refractivity contribution >= 4 is 15.8 Å². The molecule has 1 rings (SSSR count). The van der Waals surface area contributed by atoms with Gasteiger partial charge in [0.05, 0.1) is 17.6 Å². The molecule has 0 bridgehead atoms. The maximum Gasteiger partial charge on any atom is 0.324 e. The van der Waals surface area contributed by atoms with Gasteiger partial charge in [-0.15, -0.1) is 0 Å². The Balaban J connectivity index is 2.89. The van der Waals surface area contributed by atoms with E-state index in [0.717, 1.165) is 0 Å². The zero-order valence-electron chi connectivity index (χ0n) is 6.86. The molecule has 1 aliphatic heterocycles. The fourth-order valence-corrected chi connectivity index (χ4v) is 2.78. The summed E-state index contributed by atoms with van der Waals surface area (Å²) in [4.78, 5) is 10.7.